The zero-order valence-electron chi connectivity index (χ0n) is 11.2. The van der Waals surface area contributed by atoms with E-state index in [1.807, 2.05) is 18.2 Å². The summed E-state index contributed by atoms with van der Waals surface area (Å²) in [5.41, 5.74) is 6.38. The van der Waals surface area contributed by atoms with Crippen LogP contribution in [0.2, 0.25) is 0 Å². The molecule has 0 fully saturated rings. The summed E-state index contributed by atoms with van der Waals surface area (Å²) in [6.07, 6.45) is 0. The fraction of sp³-hybridized carbons (Fsp3) is 0.200. The van der Waals surface area contributed by atoms with Gasteiger partial charge < -0.3 is 10.5 Å². The van der Waals surface area contributed by atoms with Crippen LogP contribution in [0.3, 0.4) is 0 Å². The molecule has 5 heteroatoms. The minimum Gasteiger partial charge on any atom is -0.497 e. The van der Waals surface area contributed by atoms with E-state index in [4.69, 9.17) is 10.5 Å². The first-order chi connectivity index (χ1) is 9.59. The second-order valence-electron chi connectivity index (χ2n) is 4.36. The van der Waals surface area contributed by atoms with Crippen LogP contribution in [0.4, 0.5) is 0 Å². The van der Waals surface area contributed by atoms with Gasteiger partial charge in [-0.2, -0.15) is 0 Å². The molecule has 0 spiro atoms. The van der Waals surface area contributed by atoms with Crippen molar-refractivity contribution in [1.29, 1.82) is 0 Å². The Morgan fingerprint density at radius 2 is 1.65 bits per heavy atom. The second-order valence-corrected chi connectivity index (χ2v) is 6.49. The van der Waals surface area contributed by atoms with E-state index in [2.05, 4.69) is 0 Å². The molecule has 106 valence electrons. The van der Waals surface area contributed by atoms with Gasteiger partial charge in [-0.15, -0.1) is 0 Å². The maximum absolute atomic E-state index is 12.6. The monoisotopic (exact) mass is 291 g/mol. The lowest BCUT2D eigenvalue weighted by Gasteiger charge is -2.16. The first-order valence-electron chi connectivity index (χ1n) is 6.22. The summed E-state index contributed by atoms with van der Waals surface area (Å²) in [6.45, 7) is 0.0401. The van der Waals surface area contributed by atoms with Crippen molar-refractivity contribution in [1.82, 2.24) is 0 Å². The molecule has 0 bridgehead atoms. The van der Waals surface area contributed by atoms with E-state index in [1.54, 1.807) is 36.4 Å². The average molecular weight is 291 g/mol. The zero-order chi connectivity index (χ0) is 14.6. The smallest absolute Gasteiger partial charge is 0.186 e. The van der Waals surface area contributed by atoms with Gasteiger partial charge in [-0.25, -0.2) is 8.42 Å². The highest BCUT2D eigenvalue weighted by molar-refractivity contribution is 7.91. The summed E-state index contributed by atoms with van der Waals surface area (Å²) < 4.78 is 30.3. The minimum atomic E-state index is -3.51. The topological polar surface area (TPSA) is 69.4 Å². The third-order valence-corrected chi connectivity index (χ3v) is 5.29. The second kappa shape index (κ2) is 6.07. The van der Waals surface area contributed by atoms with Crippen molar-refractivity contribution in [3.05, 3.63) is 60.2 Å². The Morgan fingerprint density at radius 1 is 1.05 bits per heavy atom. The van der Waals surface area contributed by atoms with Crippen LogP contribution in [0.1, 0.15) is 10.8 Å². The number of rotatable bonds is 5. The van der Waals surface area contributed by atoms with E-state index < -0.39 is 15.1 Å². The standard InChI is InChI=1S/C15H17NO3S/c1-19-13-7-9-14(10-8-13)20(17,18)15(11-16)12-5-3-2-4-6-12/h2-10,15H,11,16H2,1H3/t15-/m1/s1. The lowest BCUT2D eigenvalue weighted by molar-refractivity contribution is 0.414. The molecule has 0 saturated heterocycles. The van der Waals surface area contributed by atoms with Crippen molar-refractivity contribution in [3.63, 3.8) is 0 Å². The molecule has 2 rings (SSSR count). The first-order valence-corrected chi connectivity index (χ1v) is 7.77. The lowest BCUT2D eigenvalue weighted by Crippen LogP contribution is -2.22. The molecule has 20 heavy (non-hydrogen) atoms. The summed E-state index contributed by atoms with van der Waals surface area (Å²) in [5, 5.41) is -0.739. The number of sulfone groups is 1. The van der Waals surface area contributed by atoms with Gasteiger partial charge in [-0.3, -0.25) is 0 Å². The summed E-state index contributed by atoms with van der Waals surface area (Å²) in [4.78, 5) is 0.248. The Hall–Kier alpha value is -1.85. The molecule has 1 atom stereocenters. The van der Waals surface area contributed by atoms with Gasteiger partial charge >= 0.3 is 0 Å². The van der Waals surface area contributed by atoms with Gasteiger partial charge in [-0.1, -0.05) is 30.3 Å². The number of hydrogen-bond acceptors (Lipinski definition) is 4. The first kappa shape index (κ1) is 14.6. The number of methoxy groups -OCH3 is 1. The predicted octanol–water partition coefficient (Wildman–Crippen LogP) is 2.17. The molecule has 2 aromatic carbocycles. The summed E-state index contributed by atoms with van der Waals surface area (Å²) >= 11 is 0. The van der Waals surface area contributed by atoms with Crippen LogP contribution in [-0.4, -0.2) is 22.1 Å². The summed E-state index contributed by atoms with van der Waals surface area (Å²) in [5.74, 6) is 0.618. The van der Waals surface area contributed by atoms with Crippen LogP contribution in [0, 0.1) is 0 Å². The van der Waals surface area contributed by atoms with Crippen LogP contribution < -0.4 is 10.5 Å². The van der Waals surface area contributed by atoms with Crippen molar-refractivity contribution in [3.8, 4) is 5.75 Å². The maximum Gasteiger partial charge on any atom is 0.186 e. The highest BCUT2D eigenvalue weighted by Gasteiger charge is 2.27. The normalized spacial score (nSPS) is 12.9. The molecule has 0 unspecified atom stereocenters. The molecule has 0 aliphatic rings. The molecule has 0 amide bonds. The molecule has 0 aromatic heterocycles. The van der Waals surface area contributed by atoms with Crippen molar-refractivity contribution < 1.29 is 13.2 Å². The fourth-order valence-corrected chi connectivity index (χ4v) is 3.65. The zero-order valence-corrected chi connectivity index (χ0v) is 12.0. The summed E-state index contributed by atoms with van der Waals surface area (Å²) in [6, 6.07) is 15.4. The predicted molar refractivity (Wildman–Crippen MR) is 78.4 cm³/mol. The van der Waals surface area contributed by atoms with Gasteiger partial charge in [0.25, 0.3) is 0 Å². The van der Waals surface area contributed by atoms with Crippen molar-refractivity contribution >= 4 is 9.84 Å². The quantitative estimate of drug-likeness (QED) is 0.916. The van der Waals surface area contributed by atoms with E-state index in [0.717, 1.165) is 0 Å². The van der Waals surface area contributed by atoms with E-state index in [1.165, 1.54) is 7.11 Å². The Labute approximate surface area is 119 Å². The molecular formula is C15H17NO3S. The van der Waals surface area contributed by atoms with Crippen LogP contribution >= 0.6 is 0 Å². The number of benzene rings is 2. The SMILES string of the molecule is COc1ccc(S(=O)(=O)[C@H](CN)c2ccccc2)cc1. The molecule has 0 saturated carbocycles. The number of ether oxygens (including phenoxy) is 1. The van der Waals surface area contributed by atoms with Gasteiger partial charge in [-0.05, 0) is 29.8 Å². The van der Waals surface area contributed by atoms with Gasteiger partial charge in [0.05, 0.1) is 12.0 Å². The van der Waals surface area contributed by atoms with E-state index in [0.29, 0.717) is 11.3 Å². The molecule has 2 N–H and O–H groups in total. The Morgan fingerprint density at radius 3 is 2.15 bits per heavy atom. The Bertz CT molecular complexity index is 651. The molecule has 0 aliphatic heterocycles. The van der Waals surface area contributed by atoms with E-state index in [9.17, 15) is 8.42 Å². The third kappa shape index (κ3) is 2.84. The third-order valence-electron chi connectivity index (χ3n) is 3.15. The molecule has 0 heterocycles. The Balaban J connectivity index is 2.41. The molecule has 4 nitrogen and oxygen atoms in total. The Kier molecular flexibility index (Phi) is 4.42. The van der Waals surface area contributed by atoms with E-state index >= 15 is 0 Å². The highest BCUT2D eigenvalue weighted by Crippen LogP contribution is 2.28. The van der Waals surface area contributed by atoms with Crippen molar-refractivity contribution in [2.45, 2.75) is 10.1 Å². The molecule has 2 aromatic rings. The molecular weight excluding hydrogens is 274 g/mol. The molecule has 0 radical (unpaired) electrons. The number of hydrogen-bond donors (Lipinski definition) is 1. The van der Waals surface area contributed by atoms with Crippen LogP contribution in [-0.2, 0) is 9.84 Å². The summed E-state index contributed by atoms with van der Waals surface area (Å²) in [7, 11) is -1.97. The highest BCUT2D eigenvalue weighted by atomic mass is 32.2. The van der Waals surface area contributed by atoms with E-state index in [-0.39, 0.29) is 11.4 Å². The van der Waals surface area contributed by atoms with Gasteiger partial charge in [0.15, 0.2) is 9.84 Å². The maximum atomic E-state index is 12.6. The lowest BCUT2D eigenvalue weighted by atomic mass is 10.1. The van der Waals surface area contributed by atoms with Crippen molar-refractivity contribution in [2.75, 3.05) is 13.7 Å². The molecule has 0 aliphatic carbocycles. The van der Waals surface area contributed by atoms with Gasteiger partial charge in [0.2, 0.25) is 0 Å². The number of nitrogens with two attached hydrogens (primary N) is 1. The average Bonchev–Trinajstić information content (AvgIpc) is 2.49. The van der Waals surface area contributed by atoms with Gasteiger partial charge in [0, 0.05) is 6.54 Å². The van der Waals surface area contributed by atoms with Gasteiger partial charge in [0.1, 0.15) is 11.0 Å². The van der Waals surface area contributed by atoms with Crippen LogP contribution in [0.25, 0.3) is 0 Å². The fourth-order valence-electron chi connectivity index (χ4n) is 2.04. The van der Waals surface area contributed by atoms with Crippen molar-refractivity contribution in [2.24, 2.45) is 5.73 Å². The van der Waals surface area contributed by atoms with Crippen LogP contribution in [0.15, 0.2) is 59.5 Å². The largest absolute Gasteiger partial charge is 0.497 e. The van der Waals surface area contributed by atoms with Crippen LogP contribution in [0.5, 0.6) is 5.75 Å². The minimum absolute atomic E-state index is 0.0401.